The molecule has 10 nitrogen and oxygen atoms in total. The van der Waals surface area contributed by atoms with E-state index in [-0.39, 0.29) is 41.0 Å². The summed E-state index contributed by atoms with van der Waals surface area (Å²) in [5.41, 5.74) is -0.713. The normalized spacial score (nSPS) is 36.9. The summed E-state index contributed by atoms with van der Waals surface area (Å²) in [6.45, 7) is 1.37. The van der Waals surface area contributed by atoms with E-state index in [0.29, 0.717) is 0 Å². The van der Waals surface area contributed by atoms with Gasteiger partial charge in [0.25, 0.3) is 5.91 Å². The van der Waals surface area contributed by atoms with E-state index in [1.165, 1.54) is 25.9 Å². The smallest absolute Gasteiger partial charge is 0.255 e. The molecule has 0 aromatic rings. The molecule has 178 valence electrons. The third kappa shape index (κ3) is 2.81. The Hall–Kier alpha value is -2.66. The number of amides is 1. The van der Waals surface area contributed by atoms with Gasteiger partial charge in [0, 0.05) is 34.4 Å². The Morgan fingerprint density at radius 3 is 2.27 bits per heavy atom. The summed E-state index contributed by atoms with van der Waals surface area (Å²) in [6.07, 6.45) is -0.0809. The van der Waals surface area contributed by atoms with Crippen LogP contribution in [0.3, 0.4) is 0 Å². The first-order chi connectivity index (χ1) is 15.2. The molecule has 0 unspecified atom stereocenters. The molecule has 5 atom stereocenters. The van der Waals surface area contributed by atoms with Crippen molar-refractivity contribution < 1.29 is 39.9 Å². The molecule has 0 bridgehead atoms. The summed E-state index contributed by atoms with van der Waals surface area (Å²) in [4.78, 5) is 39.1. The zero-order chi connectivity index (χ0) is 24.8. The highest BCUT2D eigenvalue weighted by atomic mass is 35.5. The van der Waals surface area contributed by atoms with Crippen LogP contribution in [0, 0.1) is 11.8 Å². The summed E-state index contributed by atoms with van der Waals surface area (Å²) in [5, 5.41) is 56.4. The predicted molar refractivity (Wildman–Crippen MR) is 115 cm³/mol. The lowest BCUT2D eigenvalue weighted by molar-refractivity contribution is -0.139. The Morgan fingerprint density at radius 2 is 1.73 bits per heavy atom. The lowest BCUT2D eigenvalue weighted by Gasteiger charge is -2.53. The maximum absolute atomic E-state index is 13.1. The fourth-order valence-corrected chi connectivity index (χ4v) is 6.21. The van der Waals surface area contributed by atoms with Gasteiger partial charge in [-0.25, -0.2) is 0 Å². The Kier molecular flexibility index (Phi) is 5.10. The van der Waals surface area contributed by atoms with Gasteiger partial charge >= 0.3 is 0 Å². The Balaban J connectivity index is 2.11. The highest BCUT2D eigenvalue weighted by Crippen LogP contribution is 2.58. The minimum absolute atomic E-state index is 0.0302. The lowest BCUT2D eigenvalue weighted by Crippen LogP contribution is -2.64. The Morgan fingerprint density at radius 1 is 1.12 bits per heavy atom. The zero-order valence-electron chi connectivity index (χ0n) is 18.2. The van der Waals surface area contributed by atoms with Crippen molar-refractivity contribution >= 4 is 29.1 Å². The van der Waals surface area contributed by atoms with Gasteiger partial charge in [-0.1, -0.05) is 11.6 Å². The van der Waals surface area contributed by atoms with E-state index < -0.39 is 69.4 Å². The summed E-state index contributed by atoms with van der Waals surface area (Å²) >= 11 is 6.35. The quantitative estimate of drug-likeness (QED) is 0.305. The van der Waals surface area contributed by atoms with Gasteiger partial charge in [-0.15, -0.1) is 0 Å². The van der Waals surface area contributed by atoms with Gasteiger partial charge in [0.2, 0.25) is 0 Å². The monoisotopic (exact) mass is 480 g/mol. The SMILES string of the molecule is CN(C)[C@@H]1C(=O)C(C(N)=O)=C(O)[C@@]2(O)C(O)=C3C(O)=C4C(=O)CCC(Cl)=C4[C@@](C)(O)[C@H]3C[C@@H]12. The van der Waals surface area contributed by atoms with Gasteiger partial charge < -0.3 is 31.3 Å². The molecule has 0 spiro atoms. The average Bonchev–Trinajstić information content (AvgIpc) is 2.69. The van der Waals surface area contributed by atoms with Crippen molar-refractivity contribution in [3.8, 4) is 0 Å². The molecule has 4 aliphatic carbocycles. The molecule has 4 rings (SSSR count). The number of primary amides is 1. The highest BCUT2D eigenvalue weighted by Gasteiger charge is 2.65. The lowest BCUT2D eigenvalue weighted by atomic mass is 9.55. The first kappa shape index (κ1) is 23.5. The summed E-state index contributed by atoms with van der Waals surface area (Å²) in [7, 11) is 3.02. The molecule has 0 saturated heterocycles. The summed E-state index contributed by atoms with van der Waals surface area (Å²) < 4.78 is 0. The maximum atomic E-state index is 13.1. The second kappa shape index (κ2) is 7.17. The van der Waals surface area contributed by atoms with Crippen LogP contribution in [0.2, 0.25) is 0 Å². The van der Waals surface area contributed by atoms with Crippen LogP contribution < -0.4 is 5.73 Å². The molecule has 0 radical (unpaired) electrons. The van der Waals surface area contributed by atoms with Crippen molar-refractivity contribution in [1.82, 2.24) is 4.90 Å². The number of rotatable bonds is 2. The first-order valence-corrected chi connectivity index (χ1v) is 10.8. The maximum Gasteiger partial charge on any atom is 0.255 e. The Bertz CT molecular complexity index is 1150. The third-order valence-electron chi connectivity index (χ3n) is 7.34. The number of carbonyl (C=O) groups excluding carboxylic acids is 3. The minimum Gasteiger partial charge on any atom is -0.508 e. The van der Waals surface area contributed by atoms with Crippen molar-refractivity contribution in [2.75, 3.05) is 14.1 Å². The molecule has 7 N–H and O–H groups in total. The topological polar surface area (TPSA) is 182 Å². The molecule has 4 aliphatic rings. The van der Waals surface area contributed by atoms with E-state index in [2.05, 4.69) is 0 Å². The van der Waals surface area contributed by atoms with Gasteiger partial charge in [-0.3, -0.25) is 19.3 Å². The fourth-order valence-electron chi connectivity index (χ4n) is 5.83. The van der Waals surface area contributed by atoms with Gasteiger partial charge in [-0.2, -0.15) is 0 Å². The number of fused-ring (bicyclic) bond motifs is 3. The summed E-state index contributed by atoms with van der Waals surface area (Å²) in [5.74, 6) is -7.79. The predicted octanol–water partition coefficient (Wildman–Crippen LogP) is 0.409. The number of likely N-dealkylation sites (N-methyl/N-ethyl adjacent to an activating group) is 1. The van der Waals surface area contributed by atoms with Crippen LogP contribution in [0.1, 0.15) is 26.2 Å². The fraction of sp³-hybridized carbons (Fsp3) is 0.500. The van der Waals surface area contributed by atoms with Crippen LogP contribution in [0.4, 0.5) is 0 Å². The number of nitrogens with zero attached hydrogens (tertiary/aromatic N) is 1. The molecule has 0 saturated carbocycles. The molecule has 0 heterocycles. The second-order valence-corrected chi connectivity index (χ2v) is 9.81. The van der Waals surface area contributed by atoms with E-state index in [1.807, 2.05) is 0 Å². The van der Waals surface area contributed by atoms with Crippen LogP contribution >= 0.6 is 11.6 Å². The van der Waals surface area contributed by atoms with E-state index in [1.54, 1.807) is 0 Å². The van der Waals surface area contributed by atoms with Gasteiger partial charge in [0.1, 0.15) is 22.9 Å². The third-order valence-corrected chi connectivity index (χ3v) is 7.71. The number of halogens is 1. The molecule has 0 fully saturated rings. The molecule has 0 aliphatic heterocycles. The number of hydrogen-bond donors (Lipinski definition) is 6. The van der Waals surface area contributed by atoms with Crippen molar-refractivity contribution in [3.63, 3.8) is 0 Å². The van der Waals surface area contributed by atoms with Crippen LogP contribution in [0.5, 0.6) is 0 Å². The van der Waals surface area contributed by atoms with Gasteiger partial charge in [0.05, 0.1) is 17.2 Å². The number of aliphatic hydroxyl groups is 5. The number of Topliss-reactive ketones (excluding diaryl/α,β-unsaturated/α-hetero) is 2. The van der Waals surface area contributed by atoms with E-state index in [4.69, 9.17) is 17.3 Å². The largest absolute Gasteiger partial charge is 0.508 e. The van der Waals surface area contributed by atoms with Crippen molar-refractivity contribution in [3.05, 3.63) is 44.6 Å². The molecular formula is C22H25ClN2O8. The number of allylic oxidation sites excluding steroid dienone is 2. The van der Waals surface area contributed by atoms with Crippen molar-refractivity contribution in [2.24, 2.45) is 17.6 Å². The molecule has 11 heteroatoms. The van der Waals surface area contributed by atoms with Crippen LogP contribution in [-0.2, 0) is 14.4 Å². The number of nitrogens with two attached hydrogens (primary N) is 1. The van der Waals surface area contributed by atoms with Crippen molar-refractivity contribution in [1.29, 1.82) is 0 Å². The van der Waals surface area contributed by atoms with E-state index >= 15 is 0 Å². The molecule has 1 amide bonds. The molecule has 0 aromatic heterocycles. The highest BCUT2D eigenvalue weighted by molar-refractivity contribution is 6.32. The summed E-state index contributed by atoms with van der Waals surface area (Å²) in [6, 6.07) is -1.21. The number of hydrogen-bond acceptors (Lipinski definition) is 9. The first-order valence-electron chi connectivity index (χ1n) is 10.4. The number of carbonyl (C=O) groups is 3. The van der Waals surface area contributed by atoms with Crippen LogP contribution in [0.25, 0.3) is 0 Å². The zero-order valence-corrected chi connectivity index (χ0v) is 19.0. The standard InChI is InChI=1S/C22H25ClN2O8/c1-21(32)7-6-8-15(25(2)3)17(28)13(20(24)31)19(30)22(8,33)18(29)11(7)16(27)12-10(26)5-4-9(23)14(12)21/h7-8,15,27,29-30,32-33H,4-6H2,1-3H3,(H2,24,31)/t7-,8-,15-,21-,22-/m0/s1. The van der Waals surface area contributed by atoms with Gasteiger partial charge in [0.15, 0.2) is 17.2 Å². The van der Waals surface area contributed by atoms with E-state index in [0.717, 1.165) is 0 Å². The van der Waals surface area contributed by atoms with Crippen LogP contribution in [-0.4, -0.2) is 79.2 Å². The molecule has 33 heavy (non-hydrogen) atoms. The van der Waals surface area contributed by atoms with Crippen LogP contribution in [0.15, 0.2) is 44.6 Å². The molecule has 0 aromatic carbocycles. The minimum atomic E-state index is -2.67. The average molecular weight is 481 g/mol. The number of ketones is 2. The molecular weight excluding hydrogens is 456 g/mol. The van der Waals surface area contributed by atoms with Crippen molar-refractivity contribution in [2.45, 2.75) is 43.4 Å². The van der Waals surface area contributed by atoms with Gasteiger partial charge in [-0.05, 0) is 33.9 Å². The second-order valence-electron chi connectivity index (χ2n) is 9.36. The van der Waals surface area contributed by atoms with E-state index in [9.17, 15) is 39.9 Å². The Labute approximate surface area is 193 Å². The number of aliphatic hydroxyl groups excluding tert-OH is 3.